The Hall–Kier alpha value is -2.38. The molecular weight excluding hydrogens is 398 g/mol. The first-order chi connectivity index (χ1) is 12.3. The number of nitrogens with one attached hydrogen (secondary N) is 1. The van der Waals surface area contributed by atoms with E-state index in [-0.39, 0.29) is 18.0 Å². The van der Waals surface area contributed by atoms with Gasteiger partial charge in [0.15, 0.2) is 6.04 Å². The molecule has 0 fully saturated rings. The van der Waals surface area contributed by atoms with Gasteiger partial charge in [0.05, 0.1) is 11.6 Å². The Morgan fingerprint density at radius 3 is 2.35 bits per heavy atom. The maximum atomic E-state index is 12.4. The van der Waals surface area contributed by atoms with E-state index in [0.29, 0.717) is 11.3 Å². The number of nitrogens with two attached hydrogens (primary N) is 2. The molecule has 7 heteroatoms. The molecule has 0 aliphatic rings. The second-order valence-corrected chi connectivity index (χ2v) is 6.95. The number of hydrogen-bond acceptors (Lipinski definition) is 3. The zero-order valence-corrected chi connectivity index (χ0v) is 16.5. The maximum absolute atomic E-state index is 12.4. The van der Waals surface area contributed by atoms with E-state index in [1.165, 1.54) is 0 Å². The van der Waals surface area contributed by atoms with Gasteiger partial charge in [-0.15, -0.1) is 0 Å². The SMILES string of the molecule is COc1ccc([C@H](C)[NH2+][C@@H](C)C(=O)Nc2ccc(C(N)=O)cc2)cc1Br. The summed E-state index contributed by atoms with van der Waals surface area (Å²) in [6, 6.07) is 12.2. The second-order valence-electron chi connectivity index (χ2n) is 6.09. The number of hydrogen-bond donors (Lipinski definition) is 3. The molecule has 2 aromatic rings. The Balaban J connectivity index is 1.97. The third-order valence-electron chi connectivity index (χ3n) is 4.13. The summed E-state index contributed by atoms with van der Waals surface area (Å²) in [6.07, 6.45) is 0. The van der Waals surface area contributed by atoms with E-state index in [0.717, 1.165) is 15.8 Å². The molecule has 0 saturated carbocycles. The van der Waals surface area contributed by atoms with Crippen molar-refractivity contribution >= 4 is 33.4 Å². The number of anilines is 1. The summed E-state index contributed by atoms with van der Waals surface area (Å²) < 4.78 is 6.12. The number of rotatable bonds is 7. The van der Waals surface area contributed by atoms with E-state index in [1.807, 2.05) is 37.4 Å². The minimum absolute atomic E-state index is 0.0928. The van der Waals surface area contributed by atoms with Crippen molar-refractivity contribution in [2.75, 3.05) is 12.4 Å². The first kappa shape index (κ1) is 19.9. The summed E-state index contributed by atoms with van der Waals surface area (Å²) >= 11 is 3.48. The standard InChI is InChI=1S/C19H22BrN3O3/c1-11(14-6-9-17(26-3)16(20)10-14)22-12(2)19(25)23-15-7-4-13(5-8-15)18(21)24/h4-12,22H,1-3H3,(H2,21,24)(H,23,25)/p+1/t11-,12-/m0/s1. The van der Waals surface area contributed by atoms with E-state index < -0.39 is 5.91 Å². The molecule has 0 unspecified atom stereocenters. The maximum Gasteiger partial charge on any atom is 0.282 e. The molecule has 0 heterocycles. The summed E-state index contributed by atoms with van der Waals surface area (Å²) in [4.78, 5) is 23.5. The van der Waals surface area contributed by atoms with Gasteiger partial charge >= 0.3 is 0 Å². The first-order valence-electron chi connectivity index (χ1n) is 8.21. The normalized spacial score (nSPS) is 12.9. The van der Waals surface area contributed by atoms with Crippen molar-refractivity contribution in [3.63, 3.8) is 0 Å². The van der Waals surface area contributed by atoms with Gasteiger partial charge in [-0.05, 0) is 72.2 Å². The predicted octanol–water partition coefficient (Wildman–Crippen LogP) is 2.21. The van der Waals surface area contributed by atoms with Crippen molar-refractivity contribution in [2.45, 2.75) is 25.9 Å². The molecule has 0 aliphatic carbocycles. The summed E-state index contributed by atoms with van der Waals surface area (Å²) in [5, 5.41) is 4.83. The van der Waals surface area contributed by atoms with Gasteiger partial charge < -0.3 is 21.1 Å². The van der Waals surface area contributed by atoms with Crippen molar-refractivity contribution in [1.82, 2.24) is 0 Å². The topological polar surface area (TPSA) is 98.0 Å². The van der Waals surface area contributed by atoms with Crippen molar-refractivity contribution in [3.8, 4) is 5.75 Å². The van der Waals surface area contributed by atoms with Crippen LogP contribution in [0.5, 0.6) is 5.75 Å². The Labute approximate surface area is 161 Å². The van der Waals surface area contributed by atoms with E-state index in [4.69, 9.17) is 10.5 Å². The molecule has 26 heavy (non-hydrogen) atoms. The van der Waals surface area contributed by atoms with Gasteiger partial charge in [0.1, 0.15) is 11.8 Å². The molecule has 0 saturated heterocycles. The number of quaternary nitrogens is 1. The van der Waals surface area contributed by atoms with Gasteiger partial charge in [-0.2, -0.15) is 0 Å². The molecule has 5 N–H and O–H groups in total. The lowest BCUT2D eigenvalue weighted by Crippen LogP contribution is -2.91. The van der Waals surface area contributed by atoms with E-state index in [9.17, 15) is 9.59 Å². The zero-order chi connectivity index (χ0) is 19.3. The lowest BCUT2D eigenvalue weighted by molar-refractivity contribution is -0.709. The highest BCUT2D eigenvalue weighted by molar-refractivity contribution is 9.10. The Morgan fingerprint density at radius 2 is 1.81 bits per heavy atom. The third kappa shape index (κ3) is 5.06. The van der Waals surface area contributed by atoms with Crippen LogP contribution >= 0.6 is 15.9 Å². The van der Waals surface area contributed by atoms with E-state index in [2.05, 4.69) is 21.2 Å². The number of methoxy groups -OCH3 is 1. The van der Waals surface area contributed by atoms with Gasteiger partial charge in [0, 0.05) is 16.8 Å². The number of benzene rings is 2. The molecule has 2 amide bonds. The molecule has 2 aromatic carbocycles. The highest BCUT2D eigenvalue weighted by Crippen LogP contribution is 2.27. The fourth-order valence-electron chi connectivity index (χ4n) is 2.57. The van der Waals surface area contributed by atoms with Crippen LogP contribution in [0.15, 0.2) is 46.9 Å². The number of halogens is 1. The molecule has 2 rings (SSSR count). The van der Waals surface area contributed by atoms with Crippen LogP contribution in [0.1, 0.15) is 35.8 Å². The van der Waals surface area contributed by atoms with Crippen LogP contribution in [0.4, 0.5) is 5.69 Å². The van der Waals surface area contributed by atoms with Crippen LogP contribution in [0.3, 0.4) is 0 Å². The lowest BCUT2D eigenvalue weighted by Gasteiger charge is -2.17. The van der Waals surface area contributed by atoms with Crippen LogP contribution in [0.2, 0.25) is 0 Å². The fourth-order valence-corrected chi connectivity index (χ4v) is 3.13. The van der Waals surface area contributed by atoms with E-state index in [1.54, 1.807) is 31.4 Å². The van der Waals surface area contributed by atoms with Crippen LogP contribution in [0.25, 0.3) is 0 Å². The van der Waals surface area contributed by atoms with Crippen molar-refractivity contribution in [1.29, 1.82) is 0 Å². The van der Waals surface area contributed by atoms with Crippen LogP contribution in [-0.4, -0.2) is 25.0 Å². The summed E-state index contributed by atoms with van der Waals surface area (Å²) in [6.45, 7) is 3.89. The molecule has 0 radical (unpaired) electrons. The molecule has 2 atom stereocenters. The van der Waals surface area contributed by atoms with Crippen molar-refractivity contribution in [2.24, 2.45) is 5.73 Å². The van der Waals surface area contributed by atoms with Crippen LogP contribution < -0.4 is 21.1 Å². The van der Waals surface area contributed by atoms with E-state index >= 15 is 0 Å². The minimum Gasteiger partial charge on any atom is -0.496 e. The van der Waals surface area contributed by atoms with Gasteiger partial charge in [-0.1, -0.05) is 0 Å². The Kier molecular flexibility index (Phi) is 6.76. The smallest absolute Gasteiger partial charge is 0.282 e. The van der Waals surface area contributed by atoms with Gasteiger partial charge in [0.25, 0.3) is 5.91 Å². The summed E-state index contributed by atoms with van der Waals surface area (Å²) in [5.41, 5.74) is 7.33. The second kappa shape index (κ2) is 8.82. The molecule has 138 valence electrons. The number of carbonyl (C=O) groups is 2. The quantitative estimate of drug-likeness (QED) is 0.640. The largest absolute Gasteiger partial charge is 0.496 e. The molecule has 0 bridgehead atoms. The first-order valence-corrected chi connectivity index (χ1v) is 9.00. The van der Waals surface area contributed by atoms with Gasteiger partial charge in [-0.25, -0.2) is 0 Å². The highest BCUT2D eigenvalue weighted by atomic mass is 79.9. The number of ether oxygens (including phenoxy) is 1. The third-order valence-corrected chi connectivity index (χ3v) is 4.75. The summed E-state index contributed by atoms with van der Waals surface area (Å²) in [5.74, 6) is 0.159. The van der Waals surface area contributed by atoms with Gasteiger partial charge in [-0.3, -0.25) is 9.59 Å². The summed E-state index contributed by atoms with van der Waals surface area (Å²) in [7, 11) is 1.62. The number of primary amides is 1. The Bertz CT molecular complexity index is 793. The molecule has 0 aliphatic heterocycles. The number of amides is 2. The monoisotopic (exact) mass is 420 g/mol. The highest BCUT2D eigenvalue weighted by Gasteiger charge is 2.21. The Morgan fingerprint density at radius 1 is 1.15 bits per heavy atom. The van der Waals surface area contributed by atoms with Crippen molar-refractivity contribution < 1.29 is 19.6 Å². The minimum atomic E-state index is -0.496. The lowest BCUT2D eigenvalue weighted by atomic mass is 10.1. The molecule has 6 nitrogen and oxygen atoms in total. The molecule has 0 spiro atoms. The molecule has 0 aromatic heterocycles. The molecular formula is C19H23BrN3O3+. The van der Waals surface area contributed by atoms with Gasteiger partial charge in [0.2, 0.25) is 5.91 Å². The average molecular weight is 421 g/mol. The fraction of sp³-hybridized carbons (Fsp3) is 0.263. The average Bonchev–Trinajstić information content (AvgIpc) is 2.61. The van der Waals surface area contributed by atoms with Crippen LogP contribution in [-0.2, 0) is 4.79 Å². The van der Waals surface area contributed by atoms with Crippen molar-refractivity contribution in [3.05, 3.63) is 58.1 Å². The predicted molar refractivity (Wildman–Crippen MR) is 104 cm³/mol. The van der Waals surface area contributed by atoms with Crippen LogP contribution in [0, 0.1) is 0 Å². The number of carbonyl (C=O) groups excluding carboxylic acids is 2. The zero-order valence-electron chi connectivity index (χ0n) is 15.0.